The zero-order valence-electron chi connectivity index (χ0n) is 11.0. The Bertz CT molecular complexity index is 768. The number of hydrogen-bond acceptors (Lipinski definition) is 5. The number of carboxylic acids is 1. The number of aromatic amines is 1. The number of carboxylic acid groups (broad SMARTS) is 1. The first-order chi connectivity index (χ1) is 9.81. The highest BCUT2D eigenvalue weighted by Crippen LogP contribution is 2.25. The standard InChI is InChI=1S/C12H13N3O5S/c1-7-4-10(16)9(12(17)18)5-11(7)21(19,20)14-6-8-2-3-13-15-8/h2-5,14,16H,6H2,1H3,(H,13,15)(H,17,18). The number of aromatic carboxylic acids is 1. The van der Waals surface area contributed by atoms with Crippen LogP contribution in [0.1, 0.15) is 21.6 Å². The largest absolute Gasteiger partial charge is 0.507 e. The summed E-state index contributed by atoms with van der Waals surface area (Å²) in [6.07, 6.45) is 1.48. The van der Waals surface area contributed by atoms with E-state index in [1.54, 1.807) is 6.07 Å². The molecule has 0 amide bonds. The van der Waals surface area contributed by atoms with Gasteiger partial charge in [0.05, 0.1) is 17.1 Å². The lowest BCUT2D eigenvalue weighted by Crippen LogP contribution is -2.24. The molecular formula is C12H13N3O5S. The molecule has 0 saturated heterocycles. The molecule has 0 atom stereocenters. The van der Waals surface area contributed by atoms with Crippen LogP contribution in [0, 0.1) is 6.92 Å². The van der Waals surface area contributed by atoms with Crippen molar-refractivity contribution in [2.45, 2.75) is 18.4 Å². The Morgan fingerprint density at radius 1 is 1.43 bits per heavy atom. The molecule has 0 bridgehead atoms. The quantitative estimate of drug-likeness (QED) is 0.639. The lowest BCUT2D eigenvalue weighted by molar-refractivity contribution is 0.0693. The van der Waals surface area contributed by atoms with E-state index in [0.717, 1.165) is 12.1 Å². The topological polar surface area (TPSA) is 132 Å². The third-order valence-electron chi connectivity index (χ3n) is 2.82. The molecule has 0 aliphatic carbocycles. The molecule has 0 aliphatic rings. The van der Waals surface area contributed by atoms with Gasteiger partial charge in [0.1, 0.15) is 11.3 Å². The van der Waals surface area contributed by atoms with Crippen LogP contribution in [0.3, 0.4) is 0 Å². The van der Waals surface area contributed by atoms with Gasteiger partial charge >= 0.3 is 5.97 Å². The highest BCUT2D eigenvalue weighted by molar-refractivity contribution is 7.89. The zero-order chi connectivity index (χ0) is 15.6. The smallest absolute Gasteiger partial charge is 0.339 e. The first kappa shape index (κ1) is 15.0. The maximum absolute atomic E-state index is 12.2. The number of sulfonamides is 1. The normalized spacial score (nSPS) is 11.5. The monoisotopic (exact) mass is 311 g/mol. The first-order valence-electron chi connectivity index (χ1n) is 5.86. The number of aromatic hydroxyl groups is 1. The van der Waals surface area contributed by atoms with E-state index in [9.17, 15) is 18.3 Å². The number of carbonyl (C=O) groups is 1. The fourth-order valence-electron chi connectivity index (χ4n) is 1.77. The number of rotatable bonds is 5. The molecule has 2 rings (SSSR count). The van der Waals surface area contributed by atoms with Crippen LogP contribution in [0.2, 0.25) is 0 Å². The number of phenols is 1. The third-order valence-corrected chi connectivity index (χ3v) is 4.37. The maximum atomic E-state index is 12.2. The average Bonchev–Trinajstić information content (AvgIpc) is 2.88. The lowest BCUT2D eigenvalue weighted by atomic mass is 10.1. The van der Waals surface area contributed by atoms with Crippen LogP contribution < -0.4 is 4.72 Å². The first-order valence-corrected chi connectivity index (χ1v) is 7.34. The zero-order valence-corrected chi connectivity index (χ0v) is 11.8. The Balaban J connectivity index is 2.35. The predicted molar refractivity (Wildman–Crippen MR) is 72.4 cm³/mol. The van der Waals surface area contributed by atoms with Gasteiger partial charge < -0.3 is 10.2 Å². The molecular weight excluding hydrogens is 298 g/mol. The summed E-state index contributed by atoms with van der Waals surface area (Å²) in [5.74, 6) is -1.88. The van der Waals surface area contributed by atoms with Crippen molar-refractivity contribution < 1.29 is 23.4 Å². The van der Waals surface area contributed by atoms with Crippen molar-refractivity contribution in [3.63, 3.8) is 0 Å². The summed E-state index contributed by atoms with van der Waals surface area (Å²) in [7, 11) is -3.91. The second-order valence-corrected chi connectivity index (χ2v) is 6.08. The molecule has 4 N–H and O–H groups in total. The molecule has 0 radical (unpaired) electrons. The van der Waals surface area contributed by atoms with E-state index in [0.29, 0.717) is 5.69 Å². The number of nitrogens with one attached hydrogen (secondary N) is 2. The predicted octanol–water partition coefficient (Wildman–Crippen LogP) is 0.600. The molecule has 1 aromatic heterocycles. The summed E-state index contributed by atoms with van der Waals surface area (Å²) in [6, 6.07) is 3.64. The van der Waals surface area contributed by atoms with Crippen LogP contribution in [0.4, 0.5) is 0 Å². The van der Waals surface area contributed by atoms with Crippen LogP contribution in [0.5, 0.6) is 5.75 Å². The van der Waals surface area contributed by atoms with E-state index in [1.807, 2.05) is 0 Å². The molecule has 9 heteroatoms. The van der Waals surface area contributed by atoms with Gasteiger partial charge in [-0.3, -0.25) is 5.10 Å². The highest BCUT2D eigenvalue weighted by Gasteiger charge is 2.21. The number of hydrogen-bond donors (Lipinski definition) is 4. The minimum Gasteiger partial charge on any atom is -0.507 e. The van der Waals surface area contributed by atoms with E-state index in [-0.39, 0.29) is 17.0 Å². The average molecular weight is 311 g/mol. The minimum absolute atomic E-state index is 0.00887. The Kier molecular flexibility index (Phi) is 3.96. The number of aromatic nitrogens is 2. The minimum atomic E-state index is -3.91. The Morgan fingerprint density at radius 2 is 2.14 bits per heavy atom. The van der Waals surface area contributed by atoms with Gasteiger partial charge in [0.15, 0.2) is 0 Å². The lowest BCUT2D eigenvalue weighted by Gasteiger charge is -2.10. The van der Waals surface area contributed by atoms with Crippen LogP contribution in [0.15, 0.2) is 29.3 Å². The van der Waals surface area contributed by atoms with Crippen molar-refractivity contribution in [2.24, 2.45) is 0 Å². The number of aryl methyl sites for hydroxylation is 1. The fraction of sp³-hybridized carbons (Fsp3) is 0.167. The Labute approximate surface area is 120 Å². The summed E-state index contributed by atoms with van der Waals surface area (Å²) in [6.45, 7) is 1.46. The molecule has 1 heterocycles. The van der Waals surface area contributed by atoms with E-state index >= 15 is 0 Å². The van der Waals surface area contributed by atoms with Crippen LogP contribution in [-0.2, 0) is 16.6 Å². The molecule has 0 saturated carbocycles. The van der Waals surface area contributed by atoms with Crippen molar-refractivity contribution in [3.8, 4) is 5.75 Å². The van der Waals surface area contributed by atoms with Gasteiger partial charge in [-0.2, -0.15) is 5.10 Å². The molecule has 0 fully saturated rings. The summed E-state index contributed by atoms with van der Waals surface area (Å²) in [5, 5.41) is 24.8. The van der Waals surface area contributed by atoms with Crippen molar-refractivity contribution in [2.75, 3.05) is 0 Å². The molecule has 21 heavy (non-hydrogen) atoms. The van der Waals surface area contributed by atoms with Gasteiger partial charge in [-0.15, -0.1) is 0 Å². The van der Waals surface area contributed by atoms with Gasteiger partial charge in [0.25, 0.3) is 0 Å². The SMILES string of the molecule is Cc1cc(O)c(C(=O)O)cc1S(=O)(=O)NCc1ccn[nH]1. The van der Waals surface area contributed by atoms with Gasteiger partial charge in [-0.05, 0) is 30.7 Å². The van der Waals surface area contributed by atoms with E-state index in [2.05, 4.69) is 14.9 Å². The van der Waals surface area contributed by atoms with Crippen molar-refractivity contribution in [3.05, 3.63) is 41.2 Å². The van der Waals surface area contributed by atoms with Gasteiger partial charge in [0, 0.05) is 6.20 Å². The fourth-order valence-corrected chi connectivity index (χ4v) is 3.02. The van der Waals surface area contributed by atoms with Crippen molar-refractivity contribution >= 4 is 16.0 Å². The van der Waals surface area contributed by atoms with Gasteiger partial charge in [0.2, 0.25) is 10.0 Å². The van der Waals surface area contributed by atoms with E-state index < -0.39 is 27.3 Å². The Morgan fingerprint density at radius 3 is 2.71 bits per heavy atom. The number of nitrogens with zero attached hydrogens (tertiary/aromatic N) is 1. The maximum Gasteiger partial charge on any atom is 0.339 e. The molecule has 8 nitrogen and oxygen atoms in total. The molecule has 0 aliphatic heterocycles. The number of benzene rings is 1. The molecule has 2 aromatic rings. The van der Waals surface area contributed by atoms with E-state index in [1.165, 1.54) is 13.1 Å². The number of H-pyrrole nitrogens is 1. The van der Waals surface area contributed by atoms with Crippen LogP contribution in [0.25, 0.3) is 0 Å². The highest BCUT2D eigenvalue weighted by atomic mass is 32.2. The van der Waals surface area contributed by atoms with E-state index in [4.69, 9.17) is 5.11 Å². The summed E-state index contributed by atoms with van der Waals surface area (Å²) >= 11 is 0. The van der Waals surface area contributed by atoms with Crippen molar-refractivity contribution in [1.29, 1.82) is 0 Å². The second kappa shape index (κ2) is 5.54. The Hall–Kier alpha value is -2.39. The van der Waals surface area contributed by atoms with Crippen LogP contribution in [-0.4, -0.2) is 34.8 Å². The summed E-state index contributed by atoms with van der Waals surface area (Å²) < 4.78 is 26.8. The molecule has 0 spiro atoms. The second-order valence-electron chi connectivity index (χ2n) is 4.35. The van der Waals surface area contributed by atoms with Gasteiger partial charge in [-0.25, -0.2) is 17.9 Å². The molecule has 112 valence electrons. The summed E-state index contributed by atoms with van der Waals surface area (Å²) in [4.78, 5) is 10.8. The summed E-state index contributed by atoms with van der Waals surface area (Å²) in [5.41, 5.74) is 0.339. The van der Waals surface area contributed by atoms with Crippen LogP contribution >= 0.6 is 0 Å². The molecule has 0 unspecified atom stereocenters. The molecule has 1 aromatic carbocycles. The third kappa shape index (κ3) is 3.20. The van der Waals surface area contributed by atoms with Crippen molar-refractivity contribution in [1.82, 2.24) is 14.9 Å². The van der Waals surface area contributed by atoms with Gasteiger partial charge in [-0.1, -0.05) is 0 Å².